The third-order valence-corrected chi connectivity index (χ3v) is 5.68. The molecule has 1 N–H and O–H groups in total. The zero-order valence-corrected chi connectivity index (χ0v) is 13.4. The zero-order valence-electron chi connectivity index (χ0n) is 13.4. The van der Waals surface area contributed by atoms with Gasteiger partial charge in [0.2, 0.25) is 0 Å². The average molecular weight is 268 g/mol. The largest absolute Gasteiger partial charge is 0.391 e. The van der Waals surface area contributed by atoms with Gasteiger partial charge in [-0.05, 0) is 65.1 Å². The van der Waals surface area contributed by atoms with Gasteiger partial charge in [0, 0.05) is 18.1 Å². The Bertz CT molecular complexity index is 289. The fourth-order valence-corrected chi connectivity index (χ4v) is 4.43. The quantitative estimate of drug-likeness (QED) is 0.847. The highest BCUT2D eigenvalue weighted by Gasteiger charge is 2.43. The molecule has 4 atom stereocenters. The van der Waals surface area contributed by atoms with E-state index in [0.717, 1.165) is 13.0 Å². The van der Waals surface area contributed by atoms with Crippen LogP contribution in [0.25, 0.3) is 0 Å². The van der Waals surface area contributed by atoms with Crippen molar-refractivity contribution in [1.82, 2.24) is 9.80 Å². The van der Waals surface area contributed by atoms with E-state index in [-0.39, 0.29) is 6.10 Å². The minimum Gasteiger partial charge on any atom is -0.391 e. The zero-order chi connectivity index (χ0) is 14.2. The molecule has 0 bridgehead atoms. The molecule has 3 nitrogen and oxygen atoms in total. The highest BCUT2D eigenvalue weighted by Crippen LogP contribution is 2.39. The minimum absolute atomic E-state index is 0.150. The first-order valence-corrected chi connectivity index (χ1v) is 7.91. The van der Waals surface area contributed by atoms with E-state index in [4.69, 9.17) is 0 Å². The summed E-state index contributed by atoms with van der Waals surface area (Å²) in [6.45, 7) is 5.67. The van der Waals surface area contributed by atoms with Crippen LogP contribution >= 0.6 is 0 Å². The molecule has 0 aromatic heterocycles. The van der Waals surface area contributed by atoms with Crippen LogP contribution in [0.15, 0.2) is 0 Å². The van der Waals surface area contributed by atoms with Gasteiger partial charge < -0.3 is 10.0 Å². The lowest BCUT2D eigenvalue weighted by Gasteiger charge is -2.52. The van der Waals surface area contributed by atoms with Crippen molar-refractivity contribution in [2.75, 3.05) is 27.7 Å². The van der Waals surface area contributed by atoms with E-state index in [9.17, 15) is 5.11 Å². The van der Waals surface area contributed by atoms with Crippen LogP contribution in [0.5, 0.6) is 0 Å². The van der Waals surface area contributed by atoms with Gasteiger partial charge in [-0.2, -0.15) is 0 Å². The van der Waals surface area contributed by atoms with Gasteiger partial charge in [0.05, 0.1) is 6.10 Å². The third kappa shape index (κ3) is 2.98. The van der Waals surface area contributed by atoms with Crippen molar-refractivity contribution in [1.29, 1.82) is 0 Å². The van der Waals surface area contributed by atoms with E-state index < -0.39 is 0 Å². The fraction of sp³-hybridized carbons (Fsp3) is 1.00. The molecule has 2 aliphatic carbocycles. The molecule has 2 rings (SSSR count). The molecule has 19 heavy (non-hydrogen) atoms. The molecular weight excluding hydrogens is 236 g/mol. The van der Waals surface area contributed by atoms with Crippen LogP contribution in [0, 0.1) is 11.8 Å². The van der Waals surface area contributed by atoms with Crippen molar-refractivity contribution in [2.45, 2.75) is 63.6 Å². The first-order chi connectivity index (χ1) is 8.85. The van der Waals surface area contributed by atoms with Gasteiger partial charge in [-0.25, -0.2) is 0 Å². The van der Waals surface area contributed by atoms with E-state index in [1.807, 2.05) is 0 Å². The van der Waals surface area contributed by atoms with Crippen molar-refractivity contribution < 1.29 is 5.11 Å². The number of aliphatic hydroxyl groups is 1. The fourth-order valence-electron chi connectivity index (χ4n) is 4.43. The predicted octanol–water partition coefficient (Wildman–Crippen LogP) is 2.20. The molecule has 2 fully saturated rings. The van der Waals surface area contributed by atoms with Gasteiger partial charge in [0.15, 0.2) is 0 Å². The maximum absolute atomic E-state index is 10.5. The SMILES string of the molecule is CC1CC(C)C(N(C)CC2(N(C)C)CCC2)C(O)C1. The first kappa shape index (κ1) is 15.3. The first-order valence-electron chi connectivity index (χ1n) is 7.91. The van der Waals surface area contributed by atoms with E-state index in [1.54, 1.807) is 0 Å². The van der Waals surface area contributed by atoms with Gasteiger partial charge in [0.25, 0.3) is 0 Å². The van der Waals surface area contributed by atoms with Crippen LogP contribution in [-0.4, -0.2) is 60.3 Å². The average Bonchev–Trinajstić information content (AvgIpc) is 2.21. The van der Waals surface area contributed by atoms with Crippen molar-refractivity contribution in [3.63, 3.8) is 0 Å². The lowest BCUT2D eigenvalue weighted by atomic mass is 9.73. The van der Waals surface area contributed by atoms with Crippen LogP contribution in [0.2, 0.25) is 0 Å². The number of aliphatic hydroxyl groups excluding tert-OH is 1. The Kier molecular flexibility index (Phi) is 4.59. The summed E-state index contributed by atoms with van der Waals surface area (Å²) in [6, 6.07) is 0.341. The van der Waals surface area contributed by atoms with Gasteiger partial charge in [-0.1, -0.05) is 13.8 Å². The summed E-state index contributed by atoms with van der Waals surface area (Å²) in [5.74, 6) is 1.27. The molecule has 0 saturated heterocycles. The Morgan fingerprint density at radius 2 is 1.74 bits per heavy atom. The smallest absolute Gasteiger partial charge is 0.0700 e. The van der Waals surface area contributed by atoms with Gasteiger partial charge in [0.1, 0.15) is 0 Å². The Hall–Kier alpha value is -0.120. The number of likely N-dealkylation sites (N-methyl/N-ethyl adjacent to an activating group) is 2. The van der Waals surface area contributed by atoms with Crippen molar-refractivity contribution in [2.24, 2.45) is 11.8 Å². The highest BCUT2D eigenvalue weighted by atomic mass is 16.3. The minimum atomic E-state index is -0.150. The summed E-state index contributed by atoms with van der Waals surface area (Å²) in [5, 5.41) is 10.5. The molecular formula is C16H32N2O. The molecule has 0 spiro atoms. The summed E-state index contributed by atoms with van der Waals surface area (Å²) < 4.78 is 0. The molecule has 0 aliphatic heterocycles. The lowest BCUT2D eigenvalue weighted by Crippen LogP contribution is -2.60. The van der Waals surface area contributed by atoms with Crippen molar-refractivity contribution in [3.8, 4) is 0 Å². The molecule has 3 heteroatoms. The van der Waals surface area contributed by atoms with Crippen LogP contribution < -0.4 is 0 Å². The Balaban J connectivity index is 2.00. The molecule has 2 saturated carbocycles. The predicted molar refractivity (Wildman–Crippen MR) is 80.3 cm³/mol. The molecule has 0 amide bonds. The molecule has 0 aromatic rings. The summed E-state index contributed by atoms with van der Waals surface area (Å²) in [6.07, 6.45) is 6.03. The molecule has 0 heterocycles. The van der Waals surface area contributed by atoms with E-state index in [1.165, 1.54) is 25.7 Å². The maximum Gasteiger partial charge on any atom is 0.0700 e. The van der Waals surface area contributed by atoms with Gasteiger partial charge in [-0.3, -0.25) is 4.90 Å². The molecule has 112 valence electrons. The van der Waals surface area contributed by atoms with Gasteiger partial charge in [-0.15, -0.1) is 0 Å². The standard InChI is InChI=1S/C16H32N2O/c1-12-9-13(2)15(14(19)10-12)18(5)11-16(17(3)4)7-6-8-16/h12-15,19H,6-11H2,1-5H3. The van der Waals surface area contributed by atoms with Crippen LogP contribution in [0.4, 0.5) is 0 Å². The Labute approximate surface area is 119 Å². The number of hydrogen-bond donors (Lipinski definition) is 1. The van der Waals surface area contributed by atoms with Crippen LogP contribution in [0.3, 0.4) is 0 Å². The second kappa shape index (κ2) is 5.71. The summed E-state index contributed by atoms with van der Waals surface area (Å²) >= 11 is 0. The number of nitrogens with zero attached hydrogens (tertiary/aromatic N) is 2. The van der Waals surface area contributed by atoms with E-state index >= 15 is 0 Å². The topological polar surface area (TPSA) is 26.7 Å². The Morgan fingerprint density at radius 1 is 1.11 bits per heavy atom. The van der Waals surface area contributed by atoms with Crippen LogP contribution in [0.1, 0.15) is 46.0 Å². The van der Waals surface area contributed by atoms with E-state index in [0.29, 0.717) is 23.4 Å². The lowest BCUT2D eigenvalue weighted by molar-refractivity contribution is -0.0494. The summed E-state index contributed by atoms with van der Waals surface area (Å²) in [4.78, 5) is 4.84. The van der Waals surface area contributed by atoms with Crippen LogP contribution in [-0.2, 0) is 0 Å². The molecule has 4 unspecified atom stereocenters. The number of hydrogen-bond acceptors (Lipinski definition) is 3. The van der Waals surface area contributed by atoms with Crippen molar-refractivity contribution in [3.05, 3.63) is 0 Å². The maximum atomic E-state index is 10.5. The summed E-state index contributed by atoms with van der Waals surface area (Å²) in [5.41, 5.74) is 0.358. The highest BCUT2D eigenvalue weighted by molar-refractivity contribution is 5.00. The molecule has 0 radical (unpaired) electrons. The second-order valence-electron chi connectivity index (χ2n) is 7.50. The molecule has 0 aromatic carbocycles. The summed E-state index contributed by atoms with van der Waals surface area (Å²) in [7, 11) is 6.62. The van der Waals surface area contributed by atoms with Crippen molar-refractivity contribution >= 4 is 0 Å². The normalized spacial score (nSPS) is 38.5. The third-order valence-electron chi connectivity index (χ3n) is 5.68. The number of rotatable bonds is 4. The van der Waals surface area contributed by atoms with Gasteiger partial charge >= 0.3 is 0 Å². The molecule has 2 aliphatic rings. The van der Waals surface area contributed by atoms with E-state index in [2.05, 4.69) is 44.8 Å². The second-order valence-corrected chi connectivity index (χ2v) is 7.50. The Morgan fingerprint density at radius 3 is 2.16 bits per heavy atom. The monoisotopic (exact) mass is 268 g/mol.